The molecule has 0 spiro atoms. The molecule has 0 bridgehead atoms. The van der Waals surface area contributed by atoms with Gasteiger partial charge >= 0.3 is 0 Å². The molecule has 1 fully saturated rings. The van der Waals surface area contributed by atoms with Crippen molar-refractivity contribution in [3.63, 3.8) is 0 Å². The lowest BCUT2D eigenvalue weighted by Gasteiger charge is -2.32. The van der Waals surface area contributed by atoms with Crippen LogP contribution >= 0.6 is 0 Å². The van der Waals surface area contributed by atoms with Gasteiger partial charge in [0, 0.05) is 26.2 Å². The van der Waals surface area contributed by atoms with E-state index in [4.69, 9.17) is 4.74 Å². The summed E-state index contributed by atoms with van der Waals surface area (Å²) in [4.78, 5) is 5.01. The molecule has 0 saturated carbocycles. The van der Waals surface area contributed by atoms with Crippen LogP contribution in [0.15, 0.2) is 24.3 Å². The number of hydrogen-bond acceptors (Lipinski definition) is 3. The van der Waals surface area contributed by atoms with Crippen LogP contribution in [0.5, 0.6) is 5.75 Å². The lowest BCUT2D eigenvalue weighted by molar-refractivity contribution is 0.153. The molecule has 0 radical (unpaired) electrons. The molecule has 0 aromatic heterocycles. The van der Waals surface area contributed by atoms with E-state index in [1.165, 1.54) is 89.7 Å². The predicted molar refractivity (Wildman–Crippen MR) is 108 cm³/mol. The fourth-order valence-corrected chi connectivity index (χ4v) is 3.40. The Morgan fingerprint density at radius 1 is 0.840 bits per heavy atom. The van der Waals surface area contributed by atoms with Gasteiger partial charge in [-0.15, -0.1) is 0 Å². The van der Waals surface area contributed by atoms with Gasteiger partial charge in [0.25, 0.3) is 0 Å². The average Bonchev–Trinajstić information content (AvgIpc) is 2.64. The van der Waals surface area contributed by atoms with Crippen molar-refractivity contribution < 1.29 is 4.74 Å². The molecule has 142 valence electrons. The Morgan fingerprint density at radius 2 is 1.52 bits per heavy atom. The van der Waals surface area contributed by atoms with Gasteiger partial charge in [0.15, 0.2) is 0 Å². The zero-order valence-corrected chi connectivity index (χ0v) is 16.5. The van der Waals surface area contributed by atoms with Crippen LogP contribution in [0.25, 0.3) is 0 Å². The van der Waals surface area contributed by atoms with Gasteiger partial charge in [-0.1, -0.05) is 51.2 Å². The lowest BCUT2D eigenvalue weighted by Crippen LogP contribution is -2.44. The second kappa shape index (κ2) is 12.3. The molecule has 1 aliphatic rings. The molecule has 0 aliphatic carbocycles. The van der Waals surface area contributed by atoms with Crippen LogP contribution in [0.3, 0.4) is 0 Å². The summed E-state index contributed by atoms with van der Waals surface area (Å²) in [6.45, 7) is 9.22. The largest absolute Gasteiger partial charge is 0.494 e. The number of piperazine rings is 1. The van der Waals surface area contributed by atoms with Crippen molar-refractivity contribution in [2.75, 3.05) is 46.4 Å². The summed E-state index contributed by atoms with van der Waals surface area (Å²) in [6.07, 6.45) is 10.3. The molecule has 1 aliphatic heterocycles. The zero-order valence-electron chi connectivity index (χ0n) is 16.5. The number of nitrogens with zero attached hydrogens (tertiary/aromatic N) is 2. The topological polar surface area (TPSA) is 15.7 Å². The number of ether oxygens (including phenoxy) is 1. The highest BCUT2D eigenvalue weighted by Gasteiger charge is 2.12. The molecule has 3 nitrogen and oxygen atoms in total. The van der Waals surface area contributed by atoms with E-state index >= 15 is 0 Å². The molecule has 0 atom stereocenters. The molecule has 0 unspecified atom stereocenters. The molecule has 3 heteroatoms. The fourth-order valence-electron chi connectivity index (χ4n) is 3.40. The second-order valence-electron chi connectivity index (χ2n) is 7.51. The molecule has 0 amide bonds. The molecule has 0 N–H and O–H groups in total. The number of rotatable bonds is 12. The van der Waals surface area contributed by atoms with Crippen LogP contribution in [0.4, 0.5) is 0 Å². The molecular formula is C22H38N2O. The third kappa shape index (κ3) is 8.73. The molecule has 1 aromatic rings. The van der Waals surface area contributed by atoms with Gasteiger partial charge in [0.1, 0.15) is 5.75 Å². The first-order valence-electron chi connectivity index (χ1n) is 10.4. The third-order valence-electron chi connectivity index (χ3n) is 5.23. The fraction of sp³-hybridized carbons (Fsp3) is 0.727. The zero-order chi connectivity index (χ0) is 17.7. The van der Waals surface area contributed by atoms with Gasteiger partial charge in [0.2, 0.25) is 0 Å². The van der Waals surface area contributed by atoms with Gasteiger partial charge in [-0.05, 0) is 50.6 Å². The van der Waals surface area contributed by atoms with E-state index in [0.29, 0.717) is 0 Å². The highest BCUT2D eigenvalue weighted by Crippen LogP contribution is 2.15. The first-order valence-corrected chi connectivity index (χ1v) is 10.4. The van der Waals surface area contributed by atoms with Crippen molar-refractivity contribution in [1.82, 2.24) is 9.80 Å². The standard InChI is InChI=1S/C22H38N2O/c1-3-4-5-6-7-8-20-25-22-13-11-21(12-14-22)10-9-15-24-18-16-23(2)17-19-24/h11-14H,3-10,15-20H2,1-2H3. The highest BCUT2D eigenvalue weighted by molar-refractivity contribution is 5.27. The van der Waals surface area contributed by atoms with Crippen molar-refractivity contribution in [3.05, 3.63) is 29.8 Å². The van der Waals surface area contributed by atoms with Gasteiger partial charge in [0.05, 0.1) is 6.61 Å². The van der Waals surface area contributed by atoms with Crippen LogP contribution in [-0.4, -0.2) is 56.2 Å². The van der Waals surface area contributed by atoms with Crippen molar-refractivity contribution in [3.8, 4) is 5.75 Å². The van der Waals surface area contributed by atoms with Gasteiger partial charge < -0.3 is 14.5 Å². The van der Waals surface area contributed by atoms with Crippen molar-refractivity contribution >= 4 is 0 Å². The molecule has 1 saturated heterocycles. The van der Waals surface area contributed by atoms with Crippen molar-refractivity contribution in [1.29, 1.82) is 0 Å². The first-order chi connectivity index (χ1) is 12.3. The summed E-state index contributed by atoms with van der Waals surface area (Å²) in [5.41, 5.74) is 1.43. The van der Waals surface area contributed by atoms with E-state index in [0.717, 1.165) is 12.4 Å². The number of benzene rings is 1. The third-order valence-corrected chi connectivity index (χ3v) is 5.23. The van der Waals surface area contributed by atoms with Crippen LogP contribution in [0, 0.1) is 0 Å². The summed E-state index contributed by atoms with van der Waals surface area (Å²) >= 11 is 0. The molecule has 1 heterocycles. The lowest BCUT2D eigenvalue weighted by atomic mass is 10.1. The van der Waals surface area contributed by atoms with Gasteiger partial charge in [-0.2, -0.15) is 0 Å². The maximum Gasteiger partial charge on any atom is 0.119 e. The smallest absolute Gasteiger partial charge is 0.119 e. The number of hydrogen-bond donors (Lipinski definition) is 0. The van der Waals surface area contributed by atoms with E-state index < -0.39 is 0 Å². The number of unbranched alkanes of at least 4 members (excludes halogenated alkanes) is 5. The summed E-state index contributed by atoms with van der Waals surface area (Å²) in [7, 11) is 2.22. The number of aryl methyl sites for hydroxylation is 1. The van der Waals surface area contributed by atoms with E-state index in [2.05, 4.69) is 48.0 Å². The van der Waals surface area contributed by atoms with E-state index in [1.54, 1.807) is 0 Å². The Bertz CT molecular complexity index is 438. The van der Waals surface area contributed by atoms with E-state index in [-0.39, 0.29) is 0 Å². The van der Waals surface area contributed by atoms with Crippen molar-refractivity contribution in [2.24, 2.45) is 0 Å². The Hall–Kier alpha value is -1.06. The highest BCUT2D eigenvalue weighted by atomic mass is 16.5. The maximum absolute atomic E-state index is 5.86. The minimum Gasteiger partial charge on any atom is -0.494 e. The molecule has 2 rings (SSSR count). The summed E-state index contributed by atoms with van der Waals surface area (Å²) in [5.74, 6) is 1.02. The van der Waals surface area contributed by atoms with E-state index in [1.807, 2.05) is 0 Å². The monoisotopic (exact) mass is 346 g/mol. The quantitative estimate of drug-likeness (QED) is 0.514. The normalized spacial score (nSPS) is 16.2. The Labute approximate surface area is 155 Å². The summed E-state index contributed by atoms with van der Waals surface area (Å²) in [5, 5.41) is 0. The average molecular weight is 347 g/mol. The van der Waals surface area contributed by atoms with Crippen LogP contribution < -0.4 is 4.74 Å². The Morgan fingerprint density at radius 3 is 2.24 bits per heavy atom. The Kier molecular flexibility index (Phi) is 9.98. The van der Waals surface area contributed by atoms with Gasteiger partial charge in [-0.25, -0.2) is 0 Å². The second-order valence-corrected chi connectivity index (χ2v) is 7.51. The maximum atomic E-state index is 5.86. The SMILES string of the molecule is CCCCCCCCOc1ccc(CCCN2CCN(C)CC2)cc1. The van der Waals surface area contributed by atoms with Crippen LogP contribution in [0.1, 0.15) is 57.4 Å². The number of likely N-dealkylation sites (N-methyl/N-ethyl adjacent to an activating group) is 1. The first kappa shape index (κ1) is 20.3. The van der Waals surface area contributed by atoms with Gasteiger partial charge in [-0.3, -0.25) is 0 Å². The van der Waals surface area contributed by atoms with E-state index in [9.17, 15) is 0 Å². The molecule has 25 heavy (non-hydrogen) atoms. The minimum absolute atomic E-state index is 0.856. The molecule has 1 aromatic carbocycles. The molecular weight excluding hydrogens is 308 g/mol. The minimum atomic E-state index is 0.856. The van der Waals surface area contributed by atoms with Crippen LogP contribution in [-0.2, 0) is 6.42 Å². The van der Waals surface area contributed by atoms with Crippen LogP contribution in [0.2, 0.25) is 0 Å². The van der Waals surface area contributed by atoms with Crippen molar-refractivity contribution in [2.45, 2.75) is 58.3 Å². The summed E-state index contributed by atoms with van der Waals surface area (Å²) < 4.78 is 5.86. The predicted octanol–water partition coefficient (Wildman–Crippen LogP) is 4.61. The Balaban J connectivity index is 1.53. The summed E-state index contributed by atoms with van der Waals surface area (Å²) in [6, 6.07) is 8.76.